The van der Waals surface area contributed by atoms with Gasteiger partial charge in [-0.1, -0.05) is 0 Å². The molecule has 0 radical (unpaired) electrons. The second kappa shape index (κ2) is 8.70. The van der Waals surface area contributed by atoms with E-state index in [1.165, 1.54) is 37.5 Å². The number of imidazole rings is 1. The van der Waals surface area contributed by atoms with E-state index < -0.39 is 17.6 Å². The number of ether oxygens (including phenoxy) is 1. The van der Waals surface area contributed by atoms with Crippen molar-refractivity contribution in [2.45, 2.75) is 18.7 Å². The monoisotopic (exact) mass is 475 g/mol. The maximum absolute atomic E-state index is 14.1. The highest BCUT2D eigenvalue weighted by Gasteiger charge is 2.27. The first kappa shape index (κ1) is 22.5. The van der Waals surface area contributed by atoms with Gasteiger partial charge in [0.15, 0.2) is 6.17 Å². The number of fused-ring (bicyclic) bond motifs is 1. The highest BCUT2D eigenvalue weighted by Crippen LogP contribution is 2.32. The summed E-state index contributed by atoms with van der Waals surface area (Å²) in [5.41, 5.74) is -0.990. The number of benzene rings is 2. The number of anilines is 1. The molecule has 0 saturated carbocycles. The van der Waals surface area contributed by atoms with Crippen LogP contribution in [0.2, 0.25) is 0 Å². The van der Waals surface area contributed by atoms with Crippen LogP contribution in [0.25, 0.3) is 22.2 Å². The summed E-state index contributed by atoms with van der Waals surface area (Å²) in [6, 6.07) is 8.50. The third kappa shape index (κ3) is 4.90. The first-order chi connectivity index (χ1) is 15.6. The van der Waals surface area contributed by atoms with Crippen LogP contribution in [0.3, 0.4) is 0 Å². The molecule has 0 fully saturated rings. The molecule has 1 unspecified atom stereocenters. The molecular formula is C22H17ClF3N5O2. The number of hydrogen-bond donors (Lipinski definition) is 1. The van der Waals surface area contributed by atoms with E-state index in [9.17, 15) is 18.0 Å². The zero-order valence-electron chi connectivity index (χ0n) is 17.4. The van der Waals surface area contributed by atoms with Gasteiger partial charge in [0.25, 0.3) is 5.91 Å². The molecule has 1 amide bonds. The van der Waals surface area contributed by atoms with Crippen LogP contribution in [0.15, 0.2) is 55.1 Å². The highest BCUT2D eigenvalue weighted by molar-refractivity contribution is 6.20. The predicted molar refractivity (Wildman–Crippen MR) is 117 cm³/mol. The van der Waals surface area contributed by atoms with Crippen LogP contribution >= 0.6 is 11.6 Å². The van der Waals surface area contributed by atoms with E-state index in [1.807, 2.05) is 0 Å². The van der Waals surface area contributed by atoms with Crippen LogP contribution in [-0.2, 0) is 7.05 Å². The smallest absolute Gasteiger partial charge is 0.420 e. The van der Waals surface area contributed by atoms with Crippen molar-refractivity contribution in [3.63, 3.8) is 0 Å². The number of hydrogen-bond acceptors (Lipinski definition) is 5. The Morgan fingerprint density at radius 2 is 1.85 bits per heavy atom. The zero-order chi connectivity index (χ0) is 23.8. The van der Waals surface area contributed by atoms with Crippen molar-refractivity contribution in [2.24, 2.45) is 7.05 Å². The number of nitrogens with one attached hydrogen (secondary N) is 1. The minimum absolute atomic E-state index is 0.163. The average molecular weight is 476 g/mol. The fourth-order valence-corrected chi connectivity index (χ4v) is 3.48. The van der Waals surface area contributed by atoms with E-state index >= 15 is 0 Å². The van der Waals surface area contributed by atoms with Gasteiger partial charge in [0.05, 0.1) is 11.0 Å². The topological polar surface area (TPSA) is 81.9 Å². The van der Waals surface area contributed by atoms with E-state index in [0.29, 0.717) is 27.8 Å². The summed E-state index contributed by atoms with van der Waals surface area (Å²) in [5, 5.41) is 2.69. The van der Waals surface area contributed by atoms with Crippen molar-refractivity contribution in [3.8, 4) is 16.9 Å². The predicted octanol–water partition coefficient (Wildman–Crippen LogP) is 5.48. The van der Waals surface area contributed by atoms with Gasteiger partial charge in [-0.2, -0.15) is 0 Å². The summed E-state index contributed by atoms with van der Waals surface area (Å²) >= 11 is 4.75. The molecule has 0 spiro atoms. The van der Waals surface area contributed by atoms with Gasteiger partial charge in [-0.25, -0.2) is 19.3 Å². The van der Waals surface area contributed by atoms with Crippen LogP contribution in [0, 0.1) is 0 Å². The Hall–Kier alpha value is -3.66. The molecule has 33 heavy (non-hydrogen) atoms. The lowest BCUT2D eigenvalue weighted by atomic mass is 10.0. The van der Waals surface area contributed by atoms with Crippen LogP contribution in [0.1, 0.15) is 29.3 Å². The van der Waals surface area contributed by atoms with Gasteiger partial charge in [-0.05, 0) is 43.3 Å². The number of aromatic nitrogens is 4. The van der Waals surface area contributed by atoms with E-state index in [0.717, 1.165) is 0 Å². The number of aryl methyl sites for hydroxylation is 1. The summed E-state index contributed by atoms with van der Waals surface area (Å²) in [5.74, 6) is -0.418. The quantitative estimate of drug-likeness (QED) is 0.373. The molecule has 170 valence electrons. The van der Waals surface area contributed by atoms with Gasteiger partial charge < -0.3 is 14.6 Å². The molecule has 0 saturated heterocycles. The summed E-state index contributed by atoms with van der Waals surface area (Å²) < 4.78 is 45.5. The highest BCUT2D eigenvalue weighted by atomic mass is 35.5. The lowest BCUT2D eigenvalue weighted by Gasteiger charge is -2.12. The second-order valence-corrected chi connectivity index (χ2v) is 7.63. The summed E-state index contributed by atoms with van der Waals surface area (Å²) in [6.45, 7) is 1.38. The molecule has 7 nitrogen and oxygen atoms in total. The molecular weight excluding hydrogens is 459 g/mol. The maximum Gasteiger partial charge on any atom is 0.487 e. The van der Waals surface area contributed by atoms with Crippen molar-refractivity contribution in [1.29, 1.82) is 0 Å². The molecule has 0 aliphatic rings. The lowest BCUT2D eigenvalue weighted by Crippen LogP contribution is -2.16. The number of halogens is 4. The van der Waals surface area contributed by atoms with Crippen molar-refractivity contribution in [1.82, 2.24) is 19.5 Å². The first-order valence-electron chi connectivity index (χ1n) is 9.69. The van der Waals surface area contributed by atoms with Crippen molar-refractivity contribution < 1.29 is 22.7 Å². The fourth-order valence-electron chi connectivity index (χ4n) is 3.39. The molecule has 2 heterocycles. The van der Waals surface area contributed by atoms with Gasteiger partial charge in [0.2, 0.25) is 0 Å². The number of nitrogens with zero attached hydrogens (tertiary/aromatic N) is 4. The van der Waals surface area contributed by atoms with E-state index in [-0.39, 0.29) is 17.1 Å². The van der Waals surface area contributed by atoms with E-state index in [1.54, 1.807) is 36.1 Å². The molecule has 4 aromatic rings. The SMILES string of the molecule is CC(F)c1nc2c(-c3cncnc3)cc(C(=O)Nc3ccc(OC(F)(F)Cl)cc3)cc2n1C. The molecule has 11 heteroatoms. The minimum atomic E-state index is -3.84. The van der Waals surface area contributed by atoms with Crippen molar-refractivity contribution >= 4 is 34.2 Å². The van der Waals surface area contributed by atoms with Crippen LogP contribution in [-0.4, -0.2) is 31.0 Å². The molecule has 4 rings (SSSR count). The molecule has 0 aliphatic heterocycles. The Kier molecular flexibility index (Phi) is 5.94. The fraction of sp³-hybridized carbons (Fsp3) is 0.182. The molecule has 0 bridgehead atoms. The summed E-state index contributed by atoms with van der Waals surface area (Å²) in [6.07, 6.45) is 3.20. The standard InChI is InChI=1S/C22H17ClF3N5O2/c1-12(24)20-30-19-17(14-9-27-11-28-10-14)7-13(8-18(19)31(20)2)21(32)29-15-3-5-16(6-4-15)33-22(23,25)26/h3-12H,1-2H3,(H,29,32). The molecule has 0 aliphatic carbocycles. The molecule has 1 N–H and O–H groups in total. The lowest BCUT2D eigenvalue weighted by molar-refractivity contribution is -0.0964. The maximum atomic E-state index is 14.1. The Morgan fingerprint density at radius 3 is 2.45 bits per heavy atom. The second-order valence-electron chi connectivity index (χ2n) is 7.19. The van der Waals surface area contributed by atoms with Crippen LogP contribution < -0.4 is 10.1 Å². The first-order valence-corrected chi connectivity index (χ1v) is 10.1. The van der Waals surface area contributed by atoms with Gasteiger partial charge in [0.1, 0.15) is 17.9 Å². The third-order valence-corrected chi connectivity index (χ3v) is 4.93. The zero-order valence-corrected chi connectivity index (χ0v) is 18.1. The van der Waals surface area contributed by atoms with Crippen LogP contribution in [0.5, 0.6) is 5.75 Å². The number of alkyl halides is 4. The number of amides is 1. The number of carbonyl (C=O) groups excluding carboxylic acids is 1. The normalized spacial score (nSPS) is 12.5. The minimum Gasteiger partial charge on any atom is -0.420 e. The third-order valence-electron chi connectivity index (χ3n) is 4.86. The number of carbonyl (C=O) groups is 1. The van der Waals surface area contributed by atoms with Crippen molar-refractivity contribution in [2.75, 3.05) is 5.32 Å². The molecule has 2 aromatic carbocycles. The van der Waals surface area contributed by atoms with Crippen LogP contribution in [0.4, 0.5) is 18.9 Å². The molecule has 2 aromatic heterocycles. The van der Waals surface area contributed by atoms with E-state index in [4.69, 9.17) is 11.6 Å². The van der Waals surface area contributed by atoms with Crippen molar-refractivity contribution in [3.05, 3.63) is 66.5 Å². The van der Waals surface area contributed by atoms with Gasteiger partial charge >= 0.3 is 5.57 Å². The Labute approximate surface area is 191 Å². The average Bonchev–Trinajstić information content (AvgIpc) is 3.11. The number of rotatable bonds is 6. The summed E-state index contributed by atoms with van der Waals surface area (Å²) in [7, 11) is 1.67. The van der Waals surface area contributed by atoms with E-state index in [2.05, 4.69) is 25.0 Å². The van der Waals surface area contributed by atoms with Gasteiger partial charge in [0, 0.05) is 53.4 Å². The molecule has 1 atom stereocenters. The van der Waals surface area contributed by atoms with Gasteiger partial charge in [-0.3, -0.25) is 4.79 Å². The summed E-state index contributed by atoms with van der Waals surface area (Å²) in [4.78, 5) is 25.4. The van der Waals surface area contributed by atoms with Gasteiger partial charge in [-0.15, -0.1) is 8.78 Å². The Morgan fingerprint density at radius 1 is 1.18 bits per heavy atom. The Bertz CT molecular complexity index is 1310. The largest absolute Gasteiger partial charge is 0.487 e. The Balaban J connectivity index is 1.71.